The van der Waals surface area contributed by atoms with Gasteiger partial charge in [-0.25, -0.2) is 0 Å². The standard InChI is InChI=1S/C14H20.K.Li/c1-13(2,3)11-7-9-12(10-8-11)14(4,5)6;;/h7,10H,1-6H3;;/q-2;2*+1. The fourth-order valence-electron chi connectivity index (χ4n) is 1.25. The second-order valence-corrected chi connectivity index (χ2v) is 5.90. The van der Waals surface area contributed by atoms with E-state index in [4.69, 9.17) is 0 Å². The first-order chi connectivity index (χ1) is 6.21. The minimum atomic E-state index is 0. The first kappa shape index (κ1) is 19.8. The van der Waals surface area contributed by atoms with Crippen LogP contribution in [0.25, 0.3) is 0 Å². The molecule has 0 N–H and O–H groups in total. The normalized spacial score (nSPS) is 11.4. The molecule has 0 aliphatic heterocycles. The Bertz CT molecular complexity index is 268. The third kappa shape index (κ3) is 5.87. The van der Waals surface area contributed by atoms with Gasteiger partial charge in [-0.3, -0.25) is 23.3 Å². The molecule has 0 atom stereocenters. The fourth-order valence-corrected chi connectivity index (χ4v) is 1.25. The fraction of sp³-hybridized carbons (Fsp3) is 0.571. The van der Waals surface area contributed by atoms with Crippen molar-refractivity contribution in [1.29, 1.82) is 0 Å². The maximum absolute atomic E-state index is 3.35. The molecule has 0 heterocycles. The van der Waals surface area contributed by atoms with E-state index >= 15 is 0 Å². The Morgan fingerprint density at radius 3 is 1.12 bits per heavy atom. The van der Waals surface area contributed by atoms with E-state index in [0.717, 1.165) is 0 Å². The van der Waals surface area contributed by atoms with Crippen LogP contribution in [-0.2, 0) is 10.8 Å². The first-order valence-electron chi connectivity index (χ1n) is 5.15. The molecule has 16 heavy (non-hydrogen) atoms. The van der Waals surface area contributed by atoms with Crippen LogP contribution in [-0.4, -0.2) is 0 Å². The van der Waals surface area contributed by atoms with Gasteiger partial charge in [-0.1, -0.05) is 52.4 Å². The summed E-state index contributed by atoms with van der Waals surface area (Å²) < 4.78 is 0. The summed E-state index contributed by atoms with van der Waals surface area (Å²) in [5, 5.41) is 0. The second-order valence-electron chi connectivity index (χ2n) is 5.90. The van der Waals surface area contributed by atoms with E-state index in [1.165, 1.54) is 11.1 Å². The van der Waals surface area contributed by atoms with Gasteiger partial charge >= 0.3 is 70.2 Å². The van der Waals surface area contributed by atoms with Crippen LogP contribution in [0, 0.1) is 12.1 Å². The van der Waals surface area contributed by atoms with Crippen LogP contribution in [0.15, 0.2) is 12.1 Å². The van der Waals surface area contributed by atoms with Crippen molar-refractivity contribution in [3.63, 3.8) is 0 Å². The van der Waals surface area contributed by atoms with Crippen LogP contribution < -0.4 is 70.2 Å². The van der Waals surface area contributed by atoms with Crippen LogP contribution in [0.4, 0.5) is 0 Å². The molecule has 0 fully saturated rings. The van der Waals surface area contributed by atoms with Gasteiger partial charge < -0.3 is 12.1 Å². The second kappa shape index (κ2) is 7.14. The molecule has 0 radical (unpaired) electrons. The molecule has 1 aromatic carbocycles. The minimum absolute atomic E-state index is 0. The summed E-state index contributed by atoms with van der Waals surface area (Å²) in [6.07, 6.45) is 0. The Balaban J connectivity index is 0. The molecule has 0 aliphatic rings. The van der Waals surface area contributed by atoms with Crippen LogP contribution >= 0.6 is 0 Å². The molecule has 0 amide bonds. The molecule has 0 spiro atoms. The summed E-state index contributed by atoms with van der Waals surface area (Å²) in [6, 6.07) is 10.8. The van der Waals surface area contributed by atoms with Gasteiger partial charge in [0.25, 0.3) is 0 Å². The van der Waals surface area contributed by atoms with Gasteiger partial charge in [-0.15, -0.1) is 0 Å². The average Bonchev–Trinajstić information content (AvgIpc) is 2.01. The van der Waals surface area contributed by atoms with E-state index < -0.39 is 0 Å². The Kier molecular flexibility index (Phi) is 8.83. The van der Waals surface area contributed by atoms with Crippen molar-refractivity contribution < 1.29 is 70.2 Å². The van der Waals surface area contributed by atoms with Gasteiger partial charge in [0, 0.05) is 0 Å². The molecule has 0 unspecified atom stereocenters. The van der Waals surface area contributed by atoms with E-state index in [-0.39, 0.29) is 81.1 Å². The average molecular weight is 234 g/mol. The zero-order valence-corrected chi connectivity index (χ0v) is 15.3. The summed E-state index contributed by atoms with van der Waals surface area (Å²) in [7, 11) is 0. The summed E-state index contributed by atoms with van der Waals surface area (Å²) >= 11 is 0. The summed E-state index contributed by atoms with van der Waals surface area (Å²) in [5.41, 5.74) is 2.80. The molecule has 0 saturated carbocycles. The van der Waals surface area contributed by atoms with Crippen molar-refractivity contribution in [1.82, 2.24) is 0 Å². The molecule has 1 rings (SSSR count). The predicted molar refractivity (Wildman–Crippen MR) is 61.5 cm³/mol. The van der Waals surface area contributed by atoms with Crippen molar-refractivity contribution in [2.75, 3.05) is 0 Å². The Hall–Kier alpha value is 1.45. The van der Waals surface area contributed by atoms with Crippen molar-refractivity contribution in [3.05, 3.63) is 35.4 Å². The van der Waals surface area contributed by atoms with Gasteiger partial charge in [0.2, 0.25) is 0 Å². The van der Waals surface area contributed by atoms with Gasteiger partial charge in [0.15, 0.2) is 0 Å². The monoisotopic (exact) mass is 234 g/mol. The van der Waals surface area contributed by atoms with Crippen molar-refractivity contribution in [3.8, 4) is 0 Å². The minimum Gasteiger partial charge on any atom is -0.315 e. The molecule has 0 aromatic heterocycles. The molecule has 0 saturated heterocycles. The van der Waals surface area contributed by atoms with E-state index in [9.17, 15) is 0 Å². The number of hydrogen-bond acceptors (Lipinski definition) is 0. The topological polar surface area (TPSA) is 0 Å². The summed E-state index contributed by atoms with van der Waals surface area (Å²) in [6.45, 7) is 13.2. The zero-order valence-electron chi connectivity index (χ0n) is 12.2. The van der Waals surface area contributed by atoms with Crippen LogP contribution in [0.1, 0.15) is 52.7 Å². The summed E-state index contributed by atoms with van der Waals surface area (Å²) in [4.78, 5) is 0. The van der Waals surface area contributed by atoms with Gasteiger partial charge in [0.05, 0.1) is 0 Å². The molecule has 0 bridgehead atoms. The van der Waals surface area contributed by atoms with Gasteiger partial charge in [-0.05, 0) is 0 Å². The van der Waals surface area contributed by atoms with Crippen LogP contribution in [0.5, 0.6) is 0 Å². The van der Waals surface area contributed by atoms with E-state index in [0.29, 0.717) is 0 Å². The zero-order chi connectivity index (χ0) is 11.0. The largest absolute Gasteiger partial charge is 1.00 e. The van der Waals surface area contributed by atoms with Crippen molar-refractivity contribution in [2.24, 2.45) is 0 Å². The van der Waals surface area contributed by atoms with Crippen molar-refractivity contribution in [2.45, 2.75) is 52.4 Å². The number of hydrogen-bond donors (Lipinski definition) is 0. The molecular weight excluding hydrogens is 214 g/mol. The quantitative estimate of drug-likeness (QED) is 0.356. The number of benzene rings is 1. The Morgan fingerprint density at radius 1 is 0.750 bits per heavy atom. The molecule has 2 heteroatoms. The molecular formula is C14H20KLi. The van der Waals surface area contributed by atoms with E-state index in [2.05, 4.69) is 65.8 Å². The molecule has 78 valence electrons. The van der Waals surface area contributed by atoms with Crippen LogP contribution in [0.2, 0.25) is 0 Å². The first-order valence-corrected chi connectivity index (χ1v) is 5.15. The summed E-state index contributed by atoms with van der Waals surface area (Å²) in [5.74, 6) is 0. The van der Waals surface area contributed by atoms with E-state index in [1.807, 2.05) is 0 Å². The van der Waals surface area contributed by atoms with E-state index in [1.54, 1.807) is 0 Å². The molecule has 1 aromatic rings. The smallest absolute Gasteiger partial charge is 0.315 e. The third-order valence-electron chi connectivity index (χ3n) is 2.36. The van der Waals surface area contributed by atoms with Gasteiger partial charge in [-0.2, -0.15) is 0 Å². The third-order valence-corrected chi connectivity index (χ3v) is 2.36. The SMILES string of the molecule is CC(C)(C)c1[c-]cc(C(C)(C)C)[c-]c1.[K+].[Li+]. The number of rotatable bonds is 0. The maximum atomic E-state index is 3.35. The predicted octanol–water partition coefficient (Wildman–Crippen LogP) is -2.11. The van der Waals surface area contributed by atoms with Crippen LogP contribution in [0.3, 0.4) is 0 Å². The Morgan fingerprint density at radius 2 is 1.00 bits per heavy atom. The van der Waals surface area contributed by atoms with Crippen molar-refractivity contribution >= 4 is 0 Å². The molecule has 0 nitrogen and oxygen atoms in total. The molecule has 0 aliphatic carbocycles. The maximum Gasteiger partial charge on any atom is 1.00 e. The Labute approximate surface area is 156 Å². The van der Waals surface area contributed by atoms with Gasteiger partial charge in [0.1, 0.15) is 0 Å².